The summed E-state index contributed by atoms with van der Waals surface area (Å²) in [5, 5.41) is 13.0. The Morgan fingerprint density at radius 3 is 2.43 bits per heavy atom. The van der Waals surface area contributed by atoms with E-state index in [4.69, 9.17) is 4.74 Å². The highest BCUT2D eigenvalue weighted by Crippen LogP contribution is 2.25. The summed E-state index contributed by atoms with van der Waals surface area (Å²) in [7, 11) is 0. The van der Waals surface area contributed by atoms with Crippen molar-refractivity contribution in [3.63, 3.8) is 0 Å². The van der Waals surface area contributed by atoms with Gasteiger partial charge in [-0.1, -0.05) is 36.8 Å². The van der Waals surface area contributed by atoms with Gasteiger partial charge < -0.3 is 25.0 Å². The first-order valence-electron chi connectivity index (χ1n) is 13.7. The highest BCUT2D eigenvalue weighted by molar-refractivity contribution is 5.77. The highest BCUT2D eigenvalue weighted by Gasteiger charge is 2.34. The Kier molecular flexibility index (Phi) is 9.98. The minimum atomic E-state index is -0.447. The molecular weight excluding hydrogens is 442 g/mol. The van der Waals surface area contributed by atoms with Crippen LogP contribution in [0.5, 0.6) is 0 Å². The van der Waals surface area contributed by atoms with Gasteiger partial charge in [0.05, 0.1) is 25.2 Å². The molecule has 0 radical (unpaired) electrons. The van der Waals surface area contributed by atoms with E-state index in [1.165, 1.54) is 24.8 Å². The van der Waals surface area contributed by atoms with Crippen molar-refractivity contribution in [1.82, 2.24) is 15.1 Å². The van der Waals surface area contributed by atoms with E-state index in [9.17, 15) is 14.7 Å². The van der Waals surface area contributed by atoms with E-state index in [0.29, 0.717) is 18.8 Å². The molecule has 0 saturated carbocycles. The van der Waals surface area contributed by atoms with Crippen molar-refractivity contribution >= 4 is 11.8 Å². The summed E-state index contributed by atoms with van der Waals surface area (Å²) >= 11 is 0. The second-order valence-corrected chi connectivity index (χ2v) is 10.6. The second-order valence-electron chi connectivity index (χ2n) is 10.6. The van der Waals surface area contributed by atoms with Gasteiger partial charge in [-0.2, -0.15) is 0 Å². The second kappa shape index (κ2) is 13.4. The number of carbonyl (C=O) groups is 2. The minimum absolute atomic E-state index is 0.0236. The Morgan fingerprint density at radius 1 is 0.971 bits per heavy atom. The van der Waals surface area contributed by atoms with Gasteiger partial charge in [-0.25, -0.2) is 0 Å². The summed E-state index contributed by atoms with van der Waals surface area (Å²) in [6, 6.07) is 10.4. The monoisotopic (exact) mass is 485 g/mol. The smallest absolute Gasteiger partial charge is 0.225 e. The third kappa shape index (κ3) is 8.02. The number of aliphatic hydroxyl groups excluding tert-OH is 1. The summed E-state index contributed by atoms with van der Waals surface area (Å²) in [4.78, 5) is 29.8. The fourth-order valence-electron chi connectivity index (χ4n) is 5.83. The summed E-state index contributed by atoms with van der Waals surface area (Å²) in [6.07, 6.45) is 8.55. The largest absolute Gasteiger partial charge is 0.394 e. The molecule has 3 saturated heterocycles. The first kappa shape index (κ1) is 26.1. The van der Waals surface area contributed by atoms with Crippen LogP contribution in [0.3, 0.4) is 0 Å². The number of nitrogens with one attached hydrogen (secondary N) is 1. The molecule has 0 bridgehead atoms. The van der Waals surface area contributed by atoms with Crippen molar-refractivity contribution in [2.75, 3.05) is 39.3 Å². The number of amides is 2. The molecule has 194 valence electrons. The van der Waals surface area contributed by atoms with Crippen molar-refractivity contribution in [2.45, 2.75) is 82.5 Å². The van der Waals surface area contributed by atoms with Crippen LogP contribution in [0.4, 0.5) is 0 Å². The Labute approximate surface area is 210 Å². The van der Waals surface area contributed by atoms with Gasteiger partial charge in [0.25, 0.3) is 0 Å². The molecule has 0 aliphatic carbocycles. The number of piperidine rings is 2. The molecule has 3 aliphatic heterocycles. The summed E-state index contributed by atoms with van der Waals surface area (Å²) < 4.78 is 6.08. The molecule has 7 nitrogen and oxygen atoms in total. The molecule has 3 atom stereocenters. The average Bonchev–Trinajstić information content (AvgIpc) is 2.90. The van der Waals surface area contributed by atoms with Crippen LogP contribution in [-0.2, 0) is 20.7 Å². The van der Waals surface area contributed by atoms with Gasteiger partial charge in [-0.3, -0.25) is 9.59 Å². The molecule has 0 unspecified atom stereocenters. The number of nitrogens with zero attached hydrogens (tertiary/aromatic N) is 2. The number of carbonyl (C=O) groups excluding carboxylic acids is 2. The third-order valence-corrected chi connectivity index (χ3v) is 7.98. The summed E-state index contributed by atoms with van der Waals surface area (Å²) in [5.41, 5.74) is 1.37. The van der Waals surface area contributed by atoms with E-state index in [1.54, 1.807) is 0 Å². The van der Waals surface area contributed by atoms with Crippen molar-refractivity contribution in [3.8, 4) is 0 Å². The van der Waals surface area contributed by atoms with Gasteiger partial charge in [0.15, 0.2) is 0 Å². The van der Waals surface area contributed by atoms with E-state index in [1.807, 2.05) is 11.0 Å². The Hall–Kier alpha value is -1.96. The van der Waals surface area contributed by atoms with Crippen LogP contribution in [0.2, 0.25) is 0 Å². The predicted octanol–water partition coefficient (Wildman–Crippen LogP) is 2.76. The van der Waals surface area contributed by atoms with Crippen LogP contribution in [0, 0.1) is 5.92 Å². The SMILES string of the molecule is O=C(CCN1CCCCC1)N[C@@H]1CC[C@@H](CC(=O)N2CCC(Cc3ccccc3)CC2)O[C@H]1CO. The molecule has 0 aromatic heterocycles. The Balaban J connectivity index is 1.15. The fraction of sp³-hybridized carbons (Fsp3) is 0.714. The molecule has 4 rings (SSSR count). The van der Waals surface area contributed by atoms with Gasteiger partial charge in [0.2, 0.25) is 11.8 Å². The van der Waals surface area contributed by atoms with Crippen LogP contribution in [0.1, 0.15) is 63.4 Å². The zero-order valence-corrected chi connectivity index (χ0v) is 21.1. The summed E-state index contributed by atoms with van der Waals surface area (Å²) in [5.74, 6) is 0.801. The number of rotatable bonds is 9. The van der Waals surface area contributed by atoms with Crippen LogP contribution in [0.15, 0.2) is 30.3 Å². The number of hydrogen-bond acceptors (Lipinski definition) is 5. The third-order valence-electron chi connectivity index (χ3n) is 7.98. The lowest BCUT2D eigenvalue weighted by atomic mass is 9.90. The van der Waals surface area contributed by atoms with Gasteiger partial charge in [0.1, 0.15) is 6.10 Å². The molecule has 0 spiro atoms. The molecule has 3 heterocycles. The molecular formula is C28H43N3O4. The lowest BCUT2D eigenvalue weighted by Gasteiger charge is -2.38. The Morgan fingerprint density at radius 2 is 1.71 bits per heavy atom. The van der Waals surface area contributed by atoms with Crippen LogP contribution in [0.25, 0.3) is 0 Å². The quantitative estimate of drug-likeness (QED) is 0.562. The van der Waals surface area contributed by atoms with Gasteiger partial charge in [0, 0.05) is 26.1 Å². The number of benzene rings is 1. The molecule has 1 aromatic carbocycles. The normalized spacial score (nSPS) is 26.4. The molecule has 35 heavy (non-hydrogen) atoms. The molecule has 3 fully saturated rings. The molecule has 2 N–H and O–H groups in total. The number of hydrogen-bond donors (Lipinski definition) is 2. The number of ether oxygens (including phenoxy) is 1. The van der Waals surface area contributed by atoms with E-state index < -0.39 is 6.10 Å². The first-order valence-corrected chi connectivity index (χ1v) is 13.7. The van der Waals surface area contributed by atoms with E-state index >= 15 is 0 Å². The average molecular weight is 486 g/mol. The maximum Gasteiger partial charge on any atom is 0.225 e. The van der Waals surface area contributed by atoms with Gasteiger partial charge >= 0.3 is 0 Å². The van der Waals surface area contributed by atoms with Gasteiger partial charge in [-0.15, -0.1) is 0 Å². The van der Waals surface area contributed by atoms with E-state index in [-0.39, 0.29) is 30.6 Å². The molecule has 7 heteroatoms. The van der Waals surface area contributed by atoms with E-state index in [0.717, 1.165) is 64.8 Å². The Bertz CT molecular complexity index is 791. The maximum atomic E-state index is 12.9. The zero-order valence-electron chi connectivity index (χ0n) is 21.1. The highest BCUT2D eigenvalue weighted by atomic mass is 16.5. The van der Waals surface area contributed by atoms with Crippen LogP contribution in [-0.4, -0.2) is 84.3 Å². The predicted molar refractivity (Wildman–Crippen MR) is 136 cm³/mol. The van der Waals surface area contributed by atoms with Crippen molar-refractivity contribution in [2.24, 2.45) is 5.92 Å². The lowest BCUT2D eigenvalue weighted by molar-refractivity contribution is -0.143. The lowest BCUT2D eigenvalue weighted by Crippen LogP contribution is -2.52. The first-order chi connectivity index (χ1) is 17.1. The van der Waals surface area contributed by atoms with Crippen molar-refractivity contribution < 1.29 is 19.4 Å². The van der Waals surface area contributed by atoms with Crippen LogP contribution < -0.4 is 5.32 Å². The molecule has 3 aliphatic rings. The molecule has 2 amide bonds. The minimum Gasteiger partial charge on any atom is -0.394 e. The maximum absolute atomic E-state index is 12.9. The summed E-state index contributed by atoms with van der Waals surface area (Å²) in [6.45, 7) is 4.43. The number of aliphatic hydroxyl groups is 1. The molecule has 1 aromatic rings. The van der Waals surface area contributed by atoms with Crippen molar-refractivity contribution in [1.29, 1.82) is 0 Å². The van der Waals surface area contributed by atoms with Crippen LogP contribution >= 0.6 is 0 Å². The van der Waals surface area contributed by atoms with E-state index in [2.05, 4.69) is 34.5 Å². The topological polar surface area (TPSA) is 82.1 Å². The van der Waals surface area contributed by atoms with Crippen molar-refractivity contribution in [3.05, 3.63) is 35.9 Å². The standard InChI is InChI=1S/C28H43N3O4/c32-21-26-25(29-27(33)13-16-30-14-5-2-6-15-30)10-9-24(35-26)20-28(34)31-17-11-23(12-18-31)19-22-7-3-1-4-8-22/h1,3-4,7-8,23-26,32H,2,5-6,9-21H2,(H,29,33)/t24-,25+,26-/m0/s1. The number of likely N-dealkylation sites (tertiary alicyclic amines) is 2. The zero-order chi connectivity index (χ0) is 24.5. The fourth-order valence-corrected chi connectivity index (χ4v) is 5.83. The van der Waals surface area contributed by atoms with Gasteiger partial charge in [-0.05, 0) is 69.5 Å².